The third-order valence-electron chi connectivity index (χ3n) is 7.11. The van der Waals surface area contributed by atoms with Gasteiger partial charge in [-0.15, -0.1) is 0 Å². The number of aromatic hydroxyl groups is 1. The second-order valence-electron chi connectivity index (χ2n) is 9.86. The molecule has 42 heavy (non-hydrogen) atoms. The minimum Gasteiger partial charge on any atom is -0.507 e. The van der Waals surface area contributed by atoms with E-state index in [1.807, 2.05) is 0 Å². The van der Waals surface area contributed by atoms with Crippen LogP contribution in [-0.2, 0) is 15.7 Å². The van der Waals surface area contributed by atoms with Gasteiger partial charge in [-0.2, -0.15) is 13.2 Å². The van der Waals surface area contributed by atoms with E-state index < -0.39 is 23.9 Å². The predicted molar refractivity (Wildman–Crippen MR) is 136 cm³/mol. The molecule has 2 aliphatic rings. The van der Waals surface area contributed by atoms with E-state index in [-0.39, 0.29) is 64.9 Å². The molecule has 2 amide bonds. The summed E-state index contributed by atoms with van der Waals surface area (Å²) >= 11 is 0. The third-order valence-corrected chi connectivity index (χ3v) is 7.11. The first-order chi connectivity index (χ1) is 20.1. The molecule has 0 aliphatic carbocycles. The predicted octanol–water partition coefficient (Wildman–Crippen LogP) is 2.30. The number of rotatable bonds is 5. The van der Waals surface area contributed by atoms with Crippen LogP contribution in [0.3, 0.4) is 0 Å². The lowest BCUT2D eigenvalue weighted by atomic mass is 10.1. The minimum atomic E-state index is -4.74. The van der Waals surface area contributed by atoms with E-state index in [2.05, 4.69) is 19.6 Å². The van der Waals surface area contributed by atoms with E-state index >= 15 is 0 Å². The molecule has 0 radical (unpaired) electrons. The van der Waals surface area contributed by atoms with Gasteiger partial charge < -0.3 is 34.6 Å². The SMILES string of the molecule is N[C@H]1CO[C@H](C(=O)N2CCN(C(=O)c3ccc(Oc4nccn5c(-c6conc6C(F)(F)F)cnc45)cc3O)CC2)C1. The molecule has 220 valence electrons. The van der Waals surface area contributed by atoms with Crippen LogP contribution in [0.1, 0.15) is 22.5 Å². The maximum Gasteiger partial charge on any atom is 0.437 e. The van der Waals surface area contributed by atoms with Crippen molar-refractivity contribution in [3.8, 4) is 28.6 Å². The number of ether oxygens (including phenoxy) is 2. The number of fused-ring (bicyclic) bond motifs is 1. The Morgan fingerprint density at radius 3 is 2.57 bits per heavy atom. The molecule has 1 aromatic carbocycles. The molecular weight excluding hydrogens is 563 g/mol. The highest BCUT2D eigenvalue weighted by Gasteiger charge is 2.39. The van der Waals surface area contributed by atoms with Crippen LogP contribution in [0.5, 0.6) is 17.4 Å². The van der Waals surface area contributed by atoms with Gasteiger partial charge in [-0.25, -0.2) is 9.97 Å². The van der Waals surface area contributed by atoms with Gasteiger partial charge in [-0.3, -0.25) is 14.0 Å². The van der Waals surface area contributed by atoms with Crippen molar-refractivity contribution in [3.63, 3.8) is 0 Å². The topological polar surface area (TPSA) is 162 Å². The van der Waals surface area contributed by atoms with Crippen LogP contribution in [0.4, 0.5) is 13.2 Å². The fourth-order valence-corrected chi connectivity index (χ4v) is 4.98. The van der Waals surface area contributed by atoms with Crippen LogP contribution >= 0.6 is 0 Å². The van der Waals surface area contributed by atoms with E-state index in [1.54, 1.807) is 4.90 Å². The largest absolute Gasteiger partial charge is 0.507 e. The highest BCUT2D eigenvalue weighted by atomic mass is 19.4. The molecule has 5 heterocycles. The minimum absolute atomic E-state index is 0.0358. The molecule has 0 unspecified atom stereocenters. The Morgan fingerprint density at radius 1 is 1.12 bits per heavy atom. The lowest BCUT2D eigenvalue weighted by molar-refractivity contribution is -0.143. The average Bonchev–Trinajstić information content (AvgIpc) is 3.72. The van der Waals surface area contributed by atoms with Gasteiger partial charge in [0.1, 0.15) is 23.9 Å². The normalized spacial score (nSPS) is 19.4. The number of benzene rings is 1. The summed E-state index contributed by atoms with van der Waals surface area (Å²) in [6.45, 7) is 1.54. The Morgan fingerprint density at radius 2 is 1.88 bits per heavy atom. The number of imidazole rings is 1. The monoisotopic (exact) mass is 587 g/mol. The number of hydrogen-bond acceptors (Lipinski definition) is 10. The number of phenolic OH excluding ortho intramolecular Hbond substituents is 1. The molecule has 0 spiro atoms. The molecule has 0 bridgehead atoms. The van der Waals surface area contributed by atoms with Gasteiger partial charge in [0.2, 0.25) is 5.65 Å². The molecular formula is C26H24F3N7O6. The van der Waals surface area contributed by atoms with E-state index in [1.165, 1.54) is 46.1 Å². The summed E-state index contributed by atoms with van der Waals surface area (Å²) in [7, 11) is 0. The summed E-state index contributed by atoms with van der Waals surface area (Å²) in [6.07, 6.45) is -0.0457. The highest BCUT2D eigenvalue weighted by Crippen LogP contribution is 2.37. The maximum absolute atomic E-state index is 13.3. The van der Waals surface area contributed by atoms with E-state index in [4.69, 9.17) is 15.2 Å². The number of alkyl halides is 3. The number of amides is 2. The molecule has 2 atom stereocenters. The summed E-state index contributed by atoms with van der Waals surface area (Å²) in [5.74, 6) is -0.854. The Hall–Kier alpha value is -4.70. The number of nitrogens with two attached hydrogens (primary N) is 1. The molecule has 0 saturated carbocycles. The van der Waals surface area contributed by atoms with Crippen molar-refractivity contribution >= 4 is 17.5 Å². The molecule has 2 fully saturated rings. The third kappa shape index (κ3) is 5.09. The molecule has 2 saturated heterocycles. The molecule has 13 nitrogen and oxygen atoms in total. The van der Waals surface area contributed by atoms with Crippen molar-refractivity contribution in [3.05, 3.63) is 54.3 Å². The van der Waals surface area contributed by atoms with E-state index in [9.17, 15) is 27.9 Å². The van der Waals surface area contributed by atoms with Crippen molar-refractivity contribution in [2.45, 2.75) is 24.7 Å². The zero-order valence-electron chi connectivity index (χ0n) is 21.8. The number of nitrogens with zero attached hydrogens (tertiary/aromatic N) is 6. The first-order valence-corrected chi connectivity index (χ1v) is 12.9. The van der Waals surface area contributed by atoms with Crippen LogP contribution in [0, 0.1) is 0 Å². The Labute approximate surface area is 235 Å². The number of carbonyl (C=O) groups excluding carboxylic acids is 2. The number of aromatic nitrogens is 4. The first kappa shape index (κ1) is 27.5. The van der Waals surface area contributed by atoms with Gasteiger partial charge in [0.15, 0.2) is 5.69 Å². The number of hydrogen-bond donors (Lipinski definition) is 2. The van der Waals surface area contributed by atoms with Gasteiger partial charge in [-0.05, 0) is 18.6 Å². The lowest BCUT2D eigenvalue weighted by Gasteiger charge is -2.35. The van der Waals surface area contributed by atoms with Gasteiger partial charge in [0.05, 0.1) is 29.6 Å². The summed E-state index contributed by atoms with van der Waals surface area (Å²) < 4.78 is 57.1. The van der Waals surface area contributed by atoms with Crippen LogP contribution in [0.2, 0.25) is 0 Å². The molecule has 3 N–H and O–H groups in total. The second kappa shape index (κ2) is 10.6. The van der Waals surface area contributed by atoms with Gasteiger partial charge in [-0.1, -0.05) is 5.16 Å². The maximum atomic E-state index is 13.3. The zero-order chi connectivity index (χ0) is 29.6. The fourth-order valence-electron chi connectivity index (χ4n) is 4.98. The molecule has 4 aromatic rings. The summed E-state index contributed by atoms with van der Waals surface area (Å²) in [6, 6.07) is 3.90. The van der Waals surface area contributed by atoms with Crippen LogP contribution in [-0.4, -0.2) is 91.2 Å². The van der Waals surface area contributed by atoms with Crippen molar-refractivity contribution in [2.75, 3.05) is 32.8 Å². The first-order valence-electron chi connectivity index (χ1n) is 12.9. The van der Waals surface area contributed by atoms with E-state index in [0.29, 0.717) is 26.1 Å². The Balaban J connectivity index is 1.15. The van der Waals surface area contributed by atoms with Gasteiger partial charge in [0.25, 0.3) is 17.7 Å². The zero-order valence-corrected chi connectivity index (χ0v) is 21.8. The fraction of sp³-hybridized carbons (Fsp3) is 0.346. The van der Waals surface area contributed by atoms with Crippen LogP contribution in [0.25, 0.3) is 16.9 Å². The van der Waals surface area contributed by atoms with Crippen molar-refractivity contribution < 1.29 is 41.9 Å². The van der Waals surface area contributed by atoms with Gasteiger partial charge >= 0.3 is 6.18 Å². The lowest BCUT2D eigenvalue weighted by Crippen LogP contribution is -2.52. The second-order valence-corrected chi connectivity index (χ2v) is 9.86. The van der Waals surface area contributed by atoms with Crippen molar-refractivity contribution in [2.24, 2.45) is 5.73 Å². The Bertz CT molecular complexity index is 1650. The smallest absolute Gasteiger partial charge is 0.437 e. The summed E-state index contributed by atoms with van der Waals surface area (Å²) in [5.41, 5.74) is 4.49. The highest BCUT2D eigenvalue weighted by molar-refractivity contribution is 5.97. The van der Waals surface area contributed by atoms with Crippen LogP contribution < -0.4 is 10.5 Å². The van der Waals surface area contributed by atoms with E-state index in [0.717, 1.165) is 6.26 Å². The van der Waals surface area contributed by atoms with Crippen LogP contribution in [0.15, 0.2) is 47.6 Å². The molecule has 6 rings (SSSR count). The number of halogens is 3. The summed E-state index contributed by atoms with van der Waals surface area (Å²) in [4.78, 5) is 37.2. The van der Waals surface area contributed by atoms with Gasteiger partial charge in [0, 0.05) is 50.7 Å². The average molecular weight is 588 g/mol. The molecule has 16 heteroatoms. The van der Waals surface area contributed by atoms with Crippen molar-refractivity contribution in [1.29, 1.82) is 0 Å². The number of phenols is 1. The number of carbonyl (C=O) groups is 2. The standard InChI is InChI=1S/C26H24F3N7O6/c27-26(28,29)21-17(13-41-33-21)18-11-32-22-23(31-3-4-36(18)22)42-15-1-2-16(19(37)10-15)24(38)34-5-7-35(8-6-34)25(39)20-9-14(30)12-40-20/h1-4,10-11,13-14,20,37H,5-9,12,30H2/t14-,20+/m1/s1. The Kier molecular flexibility index (Phi) is 6.94. The quantitative estimate of drug-likeness (QED) is 0.354. The molecule has 3 aromatic heterocycles. The number of piperazine rings is 1. The summed E-state index contributed by atoms with van der Waals surface area (Å²) in [5, 5.41) is 13.7. The van der Waals surface area contributed by atoms with Crippen molar-refractivity contribution in [1.82, 2.24) is 29.3 Å². The molecule has 2 aliphatic heterocycles.